The fraction of sp³-hybridized carbons (Fsp3) is 0.364. The molecular weight excluding hydrogens is 352 g/mol. The van der Waals surface area contributed by atoms with E-state index in [4.69, 9.17) is 4.42 Å². The molecule has 28 heavy (non-hydrogen) atoms. The normalized spacial score (nSPS) is 13.8. The summed E-state index contributed by atoms with van der Waals surface area (Å²) in [4.78, 5) is 17.1. The predicted molar refractivity (Wildman–Crippen MR) is 108 cm³/mol. The van der Waals surface area contributed by atoms with E-state index in [-0.39, 0.29) is 5.91 Å². The van der Waals surface area contributed by atoms with Gasteiger partial charge in [-0.3, -0.25) is 9.48 Å². The average Bonchev–Trinajstić information content (AvgIpc) is 3.29. The number of carbonyl (C=O) groups excluding carboxylic acids is 1. The highest BCUT2D eigenvalue weighted by molar-refractivity contribution is 5.95. The lowest BCUT2D eigenvalue weighted by atomic mass is 10.1. The van der Waals surface area contributed by atoms with Crippen molar-refractivity contribution in [1.82, 2.24) is 19.6 Å². The Hall–Kier alpha value is -2.86. The SMILES string of the molecule is Cc1c(C(=O)N2CCc3oc(-c4ccccc4)cc3C2)cnn1CCN(C)C. The van der Waals surface area contributed by atoms with Crippen molar-refractivity contribution in [2.75, 3.05) is 27.2 Å². The molecule has 0 fully saturated rings. The van der Waals surface area contributed by atoms with Crippen LogP contribution in [0.2, 0.25) is 0 Å². The Labute approximate surface area is 165 Å². The Morgan fingerprint density at radius 2 is 2.04 bits per heavy atom. The highest BCUT2D eigenvalue weighted by atomic mass is 16.3. The van der Waals surface area contributed by atoms with Gasteiger partial charge in [-0.05, 0) is 27.1 Å². The molecule has 0 spiro atoms. The molecule has 146 valence electrons. The summed E-state index contributed by atoms with van der Waals surface area (Å²) in [5, 5.41) is 4.42. The summed E-state index contributed by atoms with van der Waals surface area (Å²) in [6.07, 6.45) is 2.44. The van der Waals surface area contributed by atoms with Crippen molar-refractivity contribution < 1.29 is 9.21 Å². The first-order valence-corrected chi connectivity index (χ1v) is 9.66. The Kier molecular flexibility index (Phi) is 5.05. The van der Waals surface area contributed by atoms with Gasteiger partial charge in [0.05, 0.1) is 18.3 Å². The number of aromatic nitrogens is 2. The minimum Gasteiger partial charge on any atom is -0.461 e. The van der Waals surface area contributed by atoms with Crippen LogP contribution >= 0.6 is 0 Å². The summed E-state index contributed by atoms with van der Waals surface area (Å²) in [6.45, 7) is 4.87. The second-order valence-electron chi connectivity index (χ2n) is 7.57. The third-order valence-electron chi connectivity index (χ3n) is 5.30. The molecule has 6 heteroatoms. The quantitative estimate of drug-likeness (QED) is 0.684. The number of hydrogen-bond donors (Lipinski definition) is 0. The van der Waals surface area contributed by atoms with Gasteiger partial charge in [0.15, 0.2) is 0 Å². The van der Waals surface area contributed by atoms with Crippen molar-refractivity contribution in [2.24, 2.45) is 0 Å². The van der Waals surface area contributed by atoms with Crippen LogP contribution in [0, 0.1) is 6.92 Å². The summed E-state index contributed by atoms with van der Waals surface area (Å²) >= 11 is 0. The molecule has 0 bridgehead atoms. The molecule has 0 saturated heterocycles. The van der Waals surface area contributed by atoms with Crippen LogP contribution in [0.3, 0.4) is 0 Å². The Morgan fingerprint density at radius 3 is 2.79 bits per heavy atom. The lowest BCUT2D eigenvalue weighted by Gasteiger charge is -2.26. The summed E-state index contributed by atoms with van der Waals surface area (Å²) in [7, 11) is 4.07. The summed E-state index contributed by atoms with van der Waals surface area (Å²) in [5.74, 6) is 1.90. The van der Waals surface area contributed by atoms with Gasteiger partial charge in [-0.15, -0.1) is 0 Å². The van der Waals surface area contributed by atoms with Gasteiger partial charge in [-0.2, -0.15) is 5.10 Å². The van der Waals surface area contributed by atoms with E-state index in [9.17, 15) is 4.79 Å². The van der Waals surface area contributed by atoms with E-state index in [1.54, 1.807) is 6.20 Å². The van der Waals surface area contributed by atoms with E-state index in [1.807, 2.05) is 60.9 Å². The van der Waals surface area contributed by atoms with Gasteiger partial charge < -0.3 is 14.2 Å². The molecule has 0 unspecified atom stereocenters. The molecule has 4 rings (SSSR count). The molecule has 0 saturated carbocycles. The fourth-order valence-electron chi connectivity index (χ4n) is 3.60. The maximum absolute atomic E-state index is 13.1. The lowest BCUT2D eigenvalue weighted by Crippen LogP contribution is -2.35. The van der Waals surface area contributed by atoms with E-state index in [0.717, 1.165) is 47.9 Å². The van der Waals surface area contributed by atoms with Crippen LogP contribution in [0.1, 0.15) is 27.4 Å². The molecule has 0 atom stereocenters. The number of fused-ring (bicyclic) bond motifs is 1. The molecule has 2 aromatic heterocycles. The van der Waals surface area contributed by atoms with Crippen molar-refractivity contribution in [3.05, 3.63) is 65.2 Å². The van der Waals surface area contributed by atoms with Gasteiger partial charge >= 0.3 is 0 Å². The molecule has 3 aromatic rings. The van der Waals surface area contributed by atoms with Crippen LogP contribution in [0.25, 0.3) is 11.3 Å². The van der Waals surface area contributed by atoms with Crippen molar-refractivity contribution >= 4 is 5.91 Å². The molecule has 0 aliphatic carbocycles. The zero-order chi connectivity index (χ0) is 19.7. The first-order valence-electron chi connectivity index (χ1n) is 9.66. The summed E-state index contributed by atoms with van der Waals surface area (Å²) in [5.41, 5.74) is 3.77. The second-order valence-corrected chi connectivity index (χ2v) is 7.57. The zero-order valence-corrected chi connectivity index (χ0v) is 16.7. The third-order valence-corrected chi connectivity index (χ3v) is 5.30. The number of benzene rings is 1. The molecular formula is C22H26N4O2. The first kappa shape index (κ1) is 18.5. The first-order chi connectivity index (χ1) is 13.5. The topological polar surface area (TPSA) is 54.5 Å². The highest BCUT2D eigenvalue weighted by Gasteiger charge is 2.27. The molecule has 1 aliphatic heterocycles. The Morgan fingerprint density at radius 1 is 1.25 bits per heavy atom. The largest absolute Gasteiger partial charge is 0.461 e. The van der Waals surface area contributed by atoms with E-state index in [1.165, 1.54) is 0 Å². The van der Waals surface area contributed by atoms with E-state index in [2.05, 4.69) is 16.1 Å². The van der Waals surface area contributed by atoms with Crippen LogP contribution in [0.15, 0.2) is 47.0 Å². The molecule has 6 nitrogen and oxygen atoms in total. The van der Waals surface area contributed by atoms with Crippen LogP contribution in [0.5, 0.6) is 0 Å². The zero-order valence-electron chi connectivity index (χ0n) is 16.7. The van der Waals surface area contributed by atoms with Crippen molar-refractivity contribution in [3.63, 3.8) is 0 Å². The number of amides is 1. The smallest absolute Gasteiger partial charge is 0.257 e. The predicted octanol–water partition coefficient (Wildman–Crippen LogP) is 3.21. The number of furan rings is 1. The van der Waals surface area contributed by atoms with Gasteiger partial charge in [0.2, 0.25) is 0 Å². The van der Waals surface area contributed by atoms with Gasteiger partial charge in [-0.25, -0.2) is 0 Å². The average molecular weight is 378 g/mol. The van der Waals surface area contributed by atoms with Gasteiger partial charge in [-0.1, -0.05) is 30.3 Å². The third kappa shape index (κ3) is 3.60. The van der Waals surface area contributed by atoms with Crippen LogP contribution in [0.4, 0.5) is 0 Å². The minimum absolute atomic E-state index is 0.0433. The number of hydrogen-bond acceptors (Lipinski definition) is 4. The molecule has 0 N–H and O–H groups in total. The maximum atomic E-state index is 13.1. The fourth-order valence-corrected chi connectivity index (χ4v) is 3.60. The monoisotopic (exact) mass is 378 g/mol. The minimum atomic E-state index is 0.0433. The number of rotatable bonds is 5. The molecule has 3 heterocycles. The number of carbonyl (C=O) groups is 1. The van der Waals surface area contributed by atoms with Crippen molar-refractivity contribution in [1.29, 1.82) is 0 Å². The van der Waals surface area contributed by atoms with E-state index in [0.29, 0.717) is 18.7 Å². The highest BCUT2D eigenvalue weighted by Crippen LogP contribution is 2.30. The summed E-state index contributed by atoms with van der Waals surface area (Å²) in [6, 6.07) is 12.1. The van der Waals surface area contributed by atoms with Crippen LogP contribution in [-0.2, 0) is 19.5 Å². The van der Waals surface area contributed by atoms with Crippen LogP contribution in [-0.4, -0.2) is 52.7 Å². The maximum Gasteiger partial charge on any atom is 0.257 e. The molecule has 1 amide bonds. The number of nitrogens with zero attached hydrogens (tertiary/aromatic N) is 4. The van der Waals surface area contributed by atoms with Gasteiger partial charge in [0.25, 0.3) is 5.91 Å². The molecule has 0 radical (unpaired) electrons. The number of likely N-dealkylation sites (N-methyl/N-ethyl adjacent to an activating group) is 1. The van der Waals surface area contributed by atoms with Crippen LogP contribution < -0.4 is 0 Å². The van der Waals surface area contributed by atoms with Crippen molar-refractivity contribution in [3.8, 4) is 11.3 Å². The molecule has 1 aromatic carbocycles. The van der Waals surface area contributed by atoms with Gasteiger partial charge in [0, 0.05) is 42.9 Å². The Bertz CT molecular complexity index is 972. The lowest BCUT2D eigenvalue weighted by molar-refractivity contribution is 0.0729. The summed E-state index contributed by atoms with van der Waals surface area (Å²) < 4.78 is 7.96. The standard InChI is InChI=1S/C22H26N4O2/c1-16-19(14-23-26(16)12-11-24(2)3)22(27)25-10-9-20-18(15-25)13-21(28-20)17-7-5-4-6-8-17/h4-8,13-14H,9-12,15H2,1-3H3. The van der Waals surface area contributed by atoms with Gasteiger partial charge in [0.1, 0.15) is 11.5 Å². The second kappa shape index (κ2) is 7.64. The Balaban J connectivity index is 1.50. The van der Waals surface area contributed by atoms with Crippen molar-refractivity contribution in [2.45, 2.75) is 26.4 Å². The molecule has 1 aliphatic rings. The van der Waals surface area contributed by atoms with E-state index >= 15 is 0 Å². The van der Waals surface area contributed by atoms with E-state index < -0.39 is 0 Å².